The Bertz CT molecular complexity index is 260. The summed E-state index contributed by atoms with van der Waals surface area (Å²) in [5.74, 6) is 3.57. The predicted molar refractivity (Wildman–Crippen MR) is 111 cm³/mol. The molecule has 0 aliphatic heterocycles. The fraction of sp³-hybridized carbons (Fsp3) is 1.00. The lowest BCUT2D eigenvalue weighted by Crippen LogP contribution is -2.19. The first-order valence-corrected chi connectivity index (χ1v) is 11.5. The van der Waals surface area contributed by atoms with Crippen LogP contribution in [0.25, 0.3) is 0 Å². The Kier molecular flexibility index (Phi) is 14.6. The first-order valence-electron chi connectivity index (χ1n) is 10.4. The van der Waals surface area contributed by atoms with Crippen LogP contribution in [0.3, 0.4) is 0 Å². The molecule has 0 rings (SSSR count). The van der Waals surface area contributed by atoms with Gasteiger partial charge in [0.2, 0.25) is 0 Å². The van der Waals surface area contributed by atoms with Crippen molar-refractivity contribution in [3.8, 4) is 0 Å². The maximum Gasteiger partial charge on any atom is 0.332 e. The third kappa shape index (κ3) is 10.9. The van der Waals surface area contributed by atoms with Gasteiger partial charge in [0, 0.05) is 0 Å². The molecule has 0 amide bonds. The molecule has 0 spiro atoms. The molecule has 0 fully saturated rings. The maximum atomic E-state index is 6.13. The van der Waals surface area contributed by atoms with Crippen LogP contribution < -0.4 is 0 Å². The highest BCUT2D eigenvalue weighted by molar-refractivity contribution is 7.41. The molecular formula is C21H45O3P. The largest absolute Gasteiger partial charge is 0.332 e. The van der Waals surface area contributed by atoms with Crippen LogP contribution in [0.15, 0.2) is 0 Å². The van der Waals surface area contributed by atoms with Gasteiger partial charge < -0.3 is 13.6 Å². The van der Waals surface area contributed by atoms with Crippen molar-refractivity contribution in [1.82, 2.24) is 0 Å². The SMILES string of the molecule is CCC(COP(OCC(CC)C(C)C)OCC(CC)C(C)C)C(C)C. The highest BCUT2D eigenvalue weighted by atomic mass is 31.2. The summed E-state index contributed by atoms with van der Waals surface area (Å²) in [6.07, 6.45) is 3.40. The Hall–Kier alpha value is 0.310. The minimum absolute atomic E-state index is 0.566. The van der Waals surface area contributed by atoms with Gasteiger partial charge in [-0.3, -0.25) is 0 Å². The average molecular weight is 377 g/mol. The molecule has 25 heavy (non-hydrogen) atoms. The van der Waals surface area contributed by atoms with Gasteiger partial charge in [0.05, 0.1) is 19.8 Å². The van der Waals surface area contributed by atoms with Crippen molar-refractivity contribution < 1.29 is 13.6 Å². The smallest absolute Gasteiger partial charge is 0.312 e. The van der Waals surface area contributed by atoms with E-state index in [9.17, 15) is 0 Å². The molecule has 0 aliphatic carbocycles. The summed E-state index contributed by atoms with van der Waals surface area (Å²) in [5.41, 5.74) is 0. The van der Waals surface area contributed by atoms with Crippen molar-refractivity contribution in [2.45, 2.75) is 81.6 Å². The molecule has 4 heteroatoms. The van der Waals surface area contributed by atoms with Gasteiger partial charge in [-0.15, -0.1) is 0 Å². The van der Waals surface area contributed by atoms with Crippen LogP contribution in [0.1, 0.15) is 81.6 Å². The first kappa shape index (κ1) is 25.3. The van der Waals surface area contributed by atoms with E-state index in [1.54, 1.807) is 0 Å². The number of hydrogen-bond acceptors (Lipinski definition) is 3. The van der Waals surface area contributed by atoms with Gasteiger partial charge in [0.25, 0.3) is 0 Å². The summed E-state index contributed by atoms with van der Waals surface area (Å²) in [6.45, 7) is 22.5. The van der Waals surface area contributed by atoms with Crippen LogP contribution in [0.5, 0.6) is 0 Å². The Morgan fingerprint density at radius 2 is 0.760 bits per heavy atom. The third-order valence-electron chi connectivity index (χ3n) is 5.58. The Labute approximate surface area is 159 Å². The summed E-state index contributed by atoms with van der Waals surface area (Å²) in [4.78, 5) is 0. The predicted octanol–water partition coefficient (Wildman–Crippen LogP) is 7.31. The summed E-state index contributed by atoms with van der Waals surface area (Å²) in [6, 6.07) is 0. The molecule has 0 saturated heterocycles. The van der Waals surface area contributed by atoms with Gasteiger partial charge in [0.1, 0.15) is 0 Å². The molecule has 3 unspecified atom stereocenters. The summed E-state index contributed by atoms with van der Waals surface area (Å²) < 4.78 is 18.4. The monoisotopic (exact) mass is 376 g/mol. The van der Waals surface area contributed by atoms with Gasteiger partial charge in [-0.1, -0.05) is 81.6 Å². The van der Waals surface area contributed by atoms with Crippen LogP contribution in [0.4, 0.5) is 0 Å². The lowest BCUT2D eigenvalue weighted by atomic mass is 9.94. The summed E-state index contributed by atoms with van der Waals surface area (Å²) >= 11 is 0. The van der Waals surface area contributed by atoms with E-state index in [1.165, 1.54) is 0 Å². The van der Waals surface area contributed by atoms with Crippen molar-refractivity contribution in [2.24, 2.45) is 35.5 Å². The molecule has 0 saturated carbocycles. The van der Waals surface area contributed by atoms with Gasteiger partial charge >= 0.3 is 8.60 Å². The van der Waals surface area contributed by atoms with Crippen molar-refractivity contribution in [2.75, 3.05) is 19.8 Å². The molecule has 0 aromatic carbocycles. The van der Waals surface area contributed by atoms with Crippen molar-refractivity contribution in [3.05, 3.63) is 0 Å². The fourth-order valence-electron chi connectivity index (χ4n) is 2.93. The lowest BCUT2D eigenvalue weighted by Gasteiger charge is -2.27. The van der Waals surface area contributed by atoms with Crippen LogP contribution in [-0.2, 0) is 13.6 Å². The van der Waals surface area contributed by atoms with Gasteiger partial charge in [-0.25, -0.2) is 0 Å². The number of hydrogen-bond donors (Lipinski definition) is 0. The van der Waals surface area contributed by atoms with E-state index in [1.807, 2.05) is 0 Å². The standard InChI is InChI=1S/C21H45O3P/c1-10-19(16(4)5)13-22-25(23-14-20(11-2)17(6)7)24-15-21(12-3)18(8)9/h16-21H,10-15H2,1-9H3. The van der Waals surface area contributed by atoms with E-state index in [4.69, 9.17) is 13.6 Å². The zero-order chi connectivity index (χ0) is 19.4. The molecule has 3 nitrogen and oxygen atoms in total. The molecule has 152 valence electrons. The van der Waals surface area contributed by atoms with Crippen LogP contribution in [0, 0.1) is 35.5 Å². The van der Waals surface area contributed by atoms with E-state index in [-0.39, 0.29) is 0 Å². The van der Waals surface area contributed by atoms with Gasteiger partial charge in [0.15, 0.2) is 0 Å². The fourth-order valence-corrected chi connectivity index (χ4v) is 4.09. The van der Waals surface area contributed by atoms with E-state index in [2.05, 4.69) is 62.3 Å². The second-order valence-corrected chi connectivity index (χ2v) is 9.57. The molecule has 0 heterocycles. The zero-order valence-corrected chi connectivity index (χ0v) is 19.3. The van der Waals surface area contributed by atoms with E-state index in [0.717, 1.165) is 39.1 Å². The third-order valence-corrected chi connectivity index (χ3v) is 6.66. The van der Waals surface area contributed by atoms with Crippen LogP contribution in [0.2, 0.25) is 0 Å². The van der Waals surface area contributed by atoms with E-state index < -0.39 is 8.60 Å². The van der Waals surface area contributed by atoms with Crippen molar-refractivity contribution in [3.63, 3.8) is 0 Å². The summed E-state index contributed by atoms with van der Waals surface area (Å²) in [7, 11) is -1.25. The number of rotatable bonds is 15. The molecular weight excluding hydrogens is 331 g/mol. The quantitative estimate of drug-likeness (QED) is 0.280. The normalized spacial score (nSPS) is 17.3. The Morgan fingerprint density at radius 1 is 0.520 bits per heavy atom. The lowest BCUT2D eigenvalue weighted by molar-refractivity contribution is 0.0944. The highest BCUT2D eigenvalue weighted by Gasteiger charge is 2.22. The molecule has 0 radical (unpaired) electrons. The molecule has 0 aliphatic rings. The Balaban J connectivity index is 4.68. The summed E-state index contributed by atoms with van der Waals surface area (Å²) in [5, 5.41) is 0. The van der Waals surface area contributed by atoms with Crippen molar-refractivity contribution >= 4 is 8.60 Å². The van der Waals surface area contributed by atoms with Gasteiger partial charge in [-0.2, -0.15) is 0 Å². The maximum absolute atomic E-state index is 6.13. The van der Waals surface area contributed by atoms with Crippen LogP contribution in [-0.4, -0.2) is 19.8 Å². The molecule has 0 bridgehead atoms. The van der Waals surface area contributed by atoms with Gasteiger partial charge in [-0.05, 0) is 35.5 Å². The zero-order valence-electron chi connectivity index (χ0n) is 18.4. The molecule has 0 N–H and O–H groups in total. The van der Waals surface area contributed by atoms with E-state index in [0.29, 0.717) is 35.5 Å². The second-order valence-electron chi connectivity index (χ2n) is 8.35. The highest BCUT2D eigenvalue weighted by Crippen LogP contribution is 2.43. The minimum atomic E-state index is -1.25. The topological polar surface area (TPSA) is 27.7 Å². The van der Waals surface area contributed by atoms with E-state index >= 15 is 0 Å². The minimum Gasteiger partial charge on any atom is -0.312 e. The Morgan fingerprint density at radius 3 is 0.920 bits per heavy atom. The molecule has 0 aromatic rings. The van der Waals surface area contributed by atoms with Crippen molar-refractivity contribution in [1.29, 1.82) is 0 Å². The average Bonchev–Trinajstić information content (AvgIpc) is 2.54. The second kappa shape index (κ2) is 14.4. The van der Waals surface area contributed by atoms with Crippen LogP contribution >= 0.6 is 8.60 Å². The molecule has 3 atom stereocenters. The molecule has 0 aromatic heterocycles. The first-order chi connectivity index (χ1) is 11.8.